The molecule has 0 saturated carbocycles. The Hall–Kier alpha value is -11.8. The lowest BCUT2D eigenvalue weighted by molar-refractivity contribution is -0.143. The Morgan fingerprint density at radius 1 is 0.382 bits per heavy atom. The number of carbonyl (C=O) groups is 18. The number of hydrogen-bond donors (Lipinski definition) is 22. The summed E-state index contributed by atoms with van der Waals surface area (Å²) in [7, 11) is 0. The van der Waals surface area contributed by atoms with Gasteiger partial charge in [-0.2, -0.15) is 0 Å². The van der Waals surface area contributed by atoms with Gasteiger partial charge >= 0.3 is 29.8 Å². The quantitative estimate of drug-likeness (QED) is 0.0165. The van der Waals surface area contributed by atoms with Crippen LogP contribution in [-0.4, -0.2) is 230 Å². The molecule has 0 aromatic heterocycles. The van der Waals surface area contributed by atoms with Gasteiger partial charge in [-0.15, -0.1) is 0 Å². The first kappa shape index (κ1) is 96.2. The molecule has 42 nitrogen and oxygen atoms in total. The second-order valence-corrected chi connectivity index (χ2v) is 26.6. The van der Waals surface area contributed by atoms with E-state index >= 15 is 0 Å². The number of aliphatic carboxylic acids is 5. The molecule has 0 heterocycles. The molecule has 13 amide bonds. The standard InChI is InChI=1S/C68H109N19O23/c1-8-35(5)54(64(107)76-33-49(90)78-45(32-53(97)98)63(106)83-43(24-27-52(95)96)60(103)85-46(66(109)110)31-38-16-11-10-12-17-38)87-61(104)40(19-15-29-75-68(72)73)80-57(100)39(18-14-28-74-67(70)71)81-62(105)44(30-34(3)4)84-59(102)42(23-26-51(93)94)82-58(101)41(22-25-47(69)88)79-56(99)37(7)77-65(108)55(36(6)9-2)86-48(89)20-13-21-50(91)92/h10-12,16-17,34-37,39-46,54-55H,8-9,13-15,18-33H2,1-7H3,(H2,69,88)(H,76,107)(H,77,108)(H,78,90)(H,79,99)(H,80,100)(H,81,105)(H,82,101)(H,83,106)(H,84,102)(H,85,103)(H,86,89)(H,87,104)(H,91,92)(H,93,94)(H,95,96)(H,97,98)(H,109,110)(H4,70,71,74)(H4,72,73,75)/t35-,36-,37-,39-,40-,41-,42-,43-,44-,45-,46-,54-,55-/m0/s1. The molecule has 0 aliphatic heterocycles. The molecule has 0 aliphatic rings. The normalized spacial score (nSPS) is 14.4. The van der Waals surface area contributed by atoms with Gasteiger partial charge in [0, 0.05) is 51.6 Å². The van der Waals surface area contributed by atoms with Crippen LogP contribution in [0.2, 0.25) is 0 Å². The third-order valence-corrected chi connectivity index (χ3v) is 16.9. The zero-order valence-electron chi connectivity index (χ0n) is 62.7. The van der Waals surface area contributed by atoms with E-state index in [4.69, 9.17) is 33.8 Å². The van der Waals surface area contributed by atoms with Crippen LogP contribution < -0.4 is 92.5 Å². The Kier molecular flexibility index (Phi) is 44.4. The van der Waals surface area contributed by atoms with Crippen molar-refractivity contribution < 1.29 is 112 Å². The van der Waals surface area contributed by atoms with Gasteiger partial charge in [0.1, 0.15) is 66.5 Å². The highest BCUT2D eigenvalue weighted by Crippen LogP contribution is 2.15. The number of benzene rings is 1. The second kappa shape index (κ2) is 50.7. The summed E-state index contributed by atoms with van der Waals surface area (Å²) < 4.78 is 0. The van der Waals surface area contributed by atoms with Gasteiger partial charge in [0.25, 0.3) is 0 Å². The maximum atomic E-state index is 14.7. The highest BCUT2D eigenvalue weighted by molar-refractivity contribution is 6.00. The van der Waals surface area contributed by atoms with Crippen molar-refractivity contribution >= 4 is 119 Å². The number of aliphatic imine (C=N–C) groups is 2. The van der Waals surface area contributed by atoms with Gasteiger partial charge in [-0.1, -0.05) is 84.7 Å². The summed E-state index contributed by atoms with van der Waals surface area (Å²) in [6.07, 6.45) is -5.97. The average Bonchev–Trinajstić information content (AvgIpc) is 0.893. The summed E-state index contributed by atoms with van der Waals surface area (Å²) in [5, 5.41) is 76.5. The van der Waals surface area contributed by atoms with Crippen molar-refractivity contribution in [1.29, 1.82) is 0 Å². The molecule has 0 fully saturated rings. The van der Waals surface area contributed by atoms with Gasteiger partial charge in [0.2, 0.25) is 76.8 Å². The van der Waals surface area contributed by atoms with Crippen LogP contribution in [0.15, 0.2) is 40.3 Å². The van der Waals surface area contributed by atoms with E-state index in [-0.39, 0.29) is 89.2 Å². The average molecular weight is 1560 g/mol. The summed E-state index contributed by atoms with van der Waals surface area (Å²) in [6, 6.07) is -9.77. The van der Waals surface area contributed by atoms with Crippen LogP contribution >= 0.6 is 0 Å². The first-order valence-electron chi connectivity index (χ1n) is 35.7. The first-order valence-corrected chi connectivity index (χ1v) is 35.7. The zero-order valence-corrected chi connectivity index (χ0v) is 62.7. The Balaban J connectivity index is 3.67. The molecule has 1 aromatic rings. The van der Waals surface area contributed by atoms with E-state index < -0.39 is 242 Å². The number of nitrogens with one attached hydrogen (secondary N) is 12. The minimum atomic E-state index is -1.99. The van der Waals surface area contributed by atoms with E-state index in [1.54, 1.807) is 65.0 Å². The van der Waals surface area contributed by atoms with Gasteiger partial charge < -0.3 is 118 Å². The maximum absolute atomic E-state index is 14.7. The van der Waals surface area contributed by atoms with Gasteiger partial charge in [-0.25, -0.2) is 4.79 Å². The SMILES string of the molecule is CC[C@H](C)[C@H](NC(=O)CCCC(=O)O)C(=O)N[C@@H](C)C(=O)N[C@@H](CCC(N)=O)C(=O)N[C@@H](CCC(=O)O)C(=O)N[C@@H](CC(C)C)C(=O)N[C@@H](CCCN=C(N)N)C(=O)N[C@@H](CCCN=C(N)N)C(=O)N[C@H](C(=O)NCC(=O)N[C@@H](CC(=O)O)C(=O)N[C@@H](CCC(=O)O)C(=O)N[C@@H](Cc1ccccc1)C(=O)O)[C@@H](C)CC. The monoisotopic (exact) mass is 1560 g/mol. The molecule has 0 unspecified atom stereocenters. The molecule has 1 rings (SSSR count). The van der Waals surface area contributed by atoms with Crippen molar-refractivity contribution in [2.45, 2.75) is 231 Å². The number of carbonyl (C=O) groups excluding carboxylic acids is 13. The lowest BCUT2D eigenvalue weighted by Gasteiger charge is -2.29. The zero-order chi connectivity index (χ0) is 83.5. The fourth-order valence-electron chi connectivity index (χ4n) is 10.4. The molecule has 0 bridgehead atoms. The molecular weight excluding hydrogens is 1450 g/mol. The maximum Gasteiger partial charge on any atom is 0.326 e. The van der Waals surface area contributed by atoms with Crippen LogP contribution in [0.1, 0.15) is 163 Å². The molecule has 0 spiro atoms. The topological polar surface area (TPSA) is 708 Å². The molecule has 27 N–H and O–H groups in total. The second-order valence-electron chi connectivity index (χ2n) is 26.6. The highest BCUT2D eigenvalue weighted by Gasteiger charge is 2.38. The van der Waals surface area contributed by atoms with Crippen molar-refractivity contribution in [3.63, 3.8) is 0 Å². The Morgan fingerprint density at radius 3 is 1.20 bits per heavy atom. The number of hydrogen-bond acceptors (Lipinski definition) is 20. The third kappa shape index (κ3) is 39.7. The lowest BCUT2D eigenvalue weighted by Crippen LogP contribution is -2.60. The van der Waals surface area contributed by atoms with Gasteiger partial charge in [-0.05, 0) is 88.0 Å². The first-order chi connectivity index (χ1) is 51.6. The number of rotatable bonds is 55. The fourth-order valence-corrected chi connectivity index (χ4v) is 10.4. The third-order valence-electron chi connectivity index (χ3n) is 16.9. The van der Waals surface area contributed by atoms with Crippen molar-refractivity contribution in [1.82, 2.24) is 63.8 Å². The number of nitrogens with two attached hydrogens (primary N) is 5. The molecule has 614 valence electrons. The number of amides is 13. The summed E-state index contributed by atoms with van der Waals surface area (Å²) in [4.78, 5) is 246. The van der Waals surface area contributed by atoms with Crippen LogP contribution in [0.3, 0.4) is 0 Å². The molecule has 0 saturated heterocycles. The highest BCUT2D eigenvalue weighted by atomic mass is 16.4. The molecule has 42 heteroatoms. The molecular formula is C68H109N19O23. The Bertz CT molecular complexity index is 3410. The molecule has 110 heavy (non-hydrogen) atoms. The predicted octanol–water partition coefficient (Wildman–Crippen LogP) is -5.25. The number of carboxylic acids is 5. The van der Waals surface area contributed by atoms with Crippen LogP contribution in [0.5, 0.6) is 0 Å². The van der Waals surface area contributed by atoms with Crippen LogP contribution in [-0.2, 0) is 92.7 Å². The van der Waals surface area contributed by atoms with Crippen molar-refractivity contribution in [3.8, 4) is 0 Å². The van der Waals surface area contributed by atoms with E-state index in [2.05, 4.69) is 73.8 Å². The smallest absolute Gasteiger partial charge is 0.326 e. The van der Waals surface area contributed by atoms with Gasteiger partial charge in [0.15, 0.2) is 11.9 Å². The van der Waals surface area contributed by atoms with E-state index in [0.29, 0.717) is 12.0 Å². The molecule has 13 atom stereocenters. The number of guanidine groups is 2. The predicted molar refractivity (Wildman–Crippen MR) is 392 cm³/mol. The lowest BCUT2D eigenvalue weighted by atomic mass is 9.97. The summed E-state index contributed by atoms with van der Waals surface area (Å²) in [5.74, 6) is -23.1. The minimum Gasteiger partial charge on any atom is -0.481 e. The number of carboxylic acid groups (broad SMARTS) is 5. The van der Waals surface area contributed by atoms with Crippen molar-refractivity contribution in [3.05, 3.63) is 35.9 Å². The summed E-state index contributed by atoms with van der Waals surface area (Å²) in [5.41, 5.74) is 28.1. The molecule has 0 aliphatic carbocycles. The van der Waals surface area contributed by atoms with E-state index in [0.717, 1.165) is 0 Å². The Labute approximate surface area is 634 Å². The van der Waals surface area contributed by atoms with Gasteiger partial charge in [0.05, 0.1) is 13.0 Å². The fraction of sp³-hybridized carbons (Fsp3) is 0.618. The van der Waals surface area contributed by atoms with Crippen LogP contribution in [0.25, 0.3) is 0 Å². The molecule has 0 radical (unpaired) electrons. The summed E-state index contributed by atoms with van der Waals surface area (Å²) >= 11 is 0. The minimum absolute atomic E-state index is 0.0230. The van der Waals surface area contributed by atoms with E-state index in [1.165, 1.54) is 13.8 Å². The van der Waals surface area contributed by atoms with Crippen LogP contribution in [0.4, 0.5) is 0 Å². The van der Waals surface area contributed by atoms with E-state index in [9.17, 15) is 107 Å². The van der Waals surface area contributed by atoms with Gasteiger partial charge in [-0.3, -0.25) is 91.5 Å². The number of primary amides is 1. The summed E-state index contributed by atoms with van der Waals surface area (Å²) in [6.45, 7) is 9.83. The largest absolute Gasteiger partial charge is 0.481 e. The van der Waals surface area contributed by atoms with Crippen molar-refractivity contribution in [2.24, 2.45) is 56.4 Å². The Morgan fingerprint density at radius 2 is 0.782 bits per heavy atom. The van der Waals surface area contributed by atoms with E-state index in [1.807, 2.05) is 0 Å². The van der Waals surface area contributed by atoms with Crippen molar-refractivity contribution in [2.75, 3.05) is 19.6 Å². The number of nitrogens with zero attached hydrogens (tertiary/aromatic N) is 2. The van der Waals surface area contributed by atoms with Crippen LogP contribution in [0, 0.1) is 17.8 Å². The molecule has 1 aromatic carbocycles.